The number of rotatable bonds is 8. The number of fused-ring (bicyclic) bond motifs is 1. The van der Waals surface area contributed by atoms with Gasteiger partial charge in [-0.25, -0.2) is 0 Å². The van der Waals surface area contributed by atoms with Gasteiger partial charge in [0, 0.05) is 50.5 Å². The van der Waals surface area contributed by atoms with Gasteiger partial charge in [-0.1, -0.05) is 0 Å². The summed E-state index contributed by atoms with van der Waals surface area (Å²) in [5, 5.41) is 2.90. The number of halogens is 3. The molecule has 3 aliphatic rings. The maximum atomic E-state index is 12.8. The summed E-state index contributed by atoms with van der Waals surface area (Å²) < 4.78 is 49.1. The van der Waals surface area contributed by atoms with Crippen LogP contribution in [0.15, 0.2) is 0 Å². The van der Waals surface area contributed by atoms with Crippen LogP contribution in [0.4, 0.5) is 13.2 Å². The first-order chi connectivity index (χ1) is 14.6. The summed E-state index contributed by atoms with van der Waals surface area (Å²) in [5.41, 5.74) is 0. The number of amides is 2. The highest BCUT2D eigenvalue weighted by atomic mass is 19.4. The van der Waals surface area contributed by atoms with Crippen molar-refractivity contribution >= 4 is 11.8 Å². The number of nitrogens with one attached hydrogen (secondary N) is 1. The van der Waals surface area contributed by atoms with Crippen molar-refractivity contribution < 1.29 is 32.2 Å². The summed E-state index contributed by atoms with van der Waals surface area (Å²) >= 11 is 0. The van der Waals surface area contributed by atoms with Gasteiger partial charge in [-0.15, -0.1) is 0 Å². The molecule has 10 heteroatoms. The van der Waals surface area contributed by atoms with E-state index in [9.17, 15) is 22.8 Å². The molecule has 0 aliphatic carbocycles. The molecule has 0 aromatic carbocycles. The molecule has 2 amide bonds. The highest BCUT2D eigenvalue weighted by Gasteiger charge is 2.51. The van der Waals surface area contributed by atoms with Crippen molar-refractivity contribution in [3.8, 4) is 0 Å². The van der Waals surface area contributed by atoms with E-state index < -0.39 is 12.6 Å². The fourth-order valence-corrected chi connectivity index (χ4v) is 5.09. The Balaban J connectivity index is 1.64. The quantitative estimate of drug-likeness (QED) is 0.612. The van der Waals surface area contributed by atoms with Crippen molar-refractivity contribution in [3.63, 3.8) is 0 Å². The van der Waals surface area contributed by atoms with Crippen LogP contribution >= 0.6 is 0 Å². The summed E-state index contributed by atoms with van der Waals surface area (Å²) in [7, 11) is 0. The molecule has 3 saturated heterocycles. The fraction of sp³-hybridized carbons (Fsp3) is 0.905. The number of nitrogens with zero attached hydrogens (tertiary/aromatic N) is 2. The Labute approximate surface area is 181 Å². The Hall–Kier alpha value is -1.39. The van der Waals surface area contributed by atoms with Crippen molar-refractivity contribution in [2.45, 2.75) is 63.9 Å². The Morgan fingerprint density at radius 2 is 1.87 bits per heavy atom. The lowest BCUT2D eigenvalue weighted by atomic mass is 9.84. The SMILES string of the molecule is CC(C)NC(=O)C[C@@H]1CN(CCCC(F)(F)F)[C@@H]2CO[C@@H](CC(=O)N3CCOCC3)[C@H]12. The molecule has 3 aliphatic heterocycles. The first kappa shape index (κ1) is 24.3. The summed E-state index contributed by atoms with van der Waals surface area (Å²) in [6.07, 6.45) is -4.76. The van der Waals surface area contributed by atoms with E-state index in [0.717, 1.165) is 0 Å². The van der Waals surface area contributed by atoms with Gasteiger partial charge in [0.2, 0.25) is 11.8 Å². The number of hydrogen-bond donors (Lipinski definition) is 1. The molecule has 0 aromatic rings. The van der Waals surface area contributed by atoms with Crippen molar-refractivity contribution in [1.29, 1.82) is 0 Å². The molecule has 31 heavy (non-hydrogen) atoms. The zero-order valence-corrected chi connectivity index (χ0v) is 18.3. The van der Waals surface area contributed by atoms with Crippen LogP contribution in [0.25, 0.3) is 0 Å². The molecule has 0 bridgehead atoms. The second-order valence-electron chi connectivity index (χ2n) is 9.11. The van der Waals surface area contributed by atoms with Crippen molar-refractivity contribution in [1.82, 2.24) is 15.1 Å². The van der Waals surface area contributed by atoms with Gasteiger partial charge in [0.05, 0.1) is 32.3 Å². The van der Waals surface area contributed by atoms with Gasteiger partial charge in [-0.2, -0.15) is 13.2 Å². The summed E-state index contributed by atoms with van der Waals surface area (Å²) in [4.78, 5) is 29.0. The molecule has 0 aromatic heterocycles. The summed E-state index contributed by atoms with van der Waals surface area (Å²) in [6.45, 7) is 7.21. The van der Waals surface area contributed by atoms with Crippen LogP contribution in [0.5, 0.6) is 0 Å². The molecule has 3 rings (SSSR count). The van der Waals surface area contributed by atoms with E-state index in [0.29, 0.717) is 52.4 Å². The van der Waals surface area contributed by atoms with Crippen LogP contribution in [-0.2, 0) is 19.1 Å². The standard InChI is InChI=1S/C21H34F3N3O4/c1-14(2)25-18(28)10-15-12-27(5-3-4-21(22,23)24)16-13-31-17(20(15)16)11-19(29)26-6-8-30-9-7-26/h14-17,20H,3-13H2,1-2H3,(H,25,28)/t15-,16-,17+,20-/m1/s1. The Morgan fingerprint density at radius 3 is 2.52 bits per heavy atom. The van der Waals surface area contributed by atoms with Crippen LogP contribution in [0.1, 0.15) is 39.5 Å². The third-order valence-corrected chi connectivity index (χ3v) is 6.38. The summed E-state index contributed by atoms with van der Waals surface area (Å²) in [6, 6.07) is -0.0290. The average Bonchev–Trinajstić information content (AvgIpc) is 3.23. The minimum absolute atomic E-state index is 0.00912. The van der Waals surface area contributed by atoms with Gasteiger partial charge in [0.15, 0.2) is 0 Å². The van der Waals surface area contributed by atoms with E-state index in [2.05, 4.69) is 5.32 Å². The number of ether oxygens (including phenoxy) is 2. The molecule has 0 unspecified atom stereocenters. The molecule has 0 saturated carbocycles. The largest absolute Gasteiger partial charge is 0.389 e. The molecule has 0 spiro atoms. The number of alkyl halides is 3. The zero-order valence-electron chi connectivity index (χ0n) is 18.3. The van der Waals surface area contributed by atoms with E-state index in [-0.39, 0.29) is 54.7 Å². The molecule has 0 radical (unpaired) electrons. The number of likely N-dealkylation sites (tertiary alicyclic amines) is 1. The maximum Gasteiger partial charge on any atom is 0.389 e. The Bertz CT molecular complexity index is 625. The highest BCUT2D eigenvalue weighted by molar-refractivity contribution is 5.77. The fourth-order valence-electron chi connectivity index (χ4n) is 5.09. The molecular weight excluding hydrogens is 415 g/mol. The van der Waals surface area contributed by atoms with Crippen molar-refractivity contribution in [2.24, 2.45) is 11.8 Å². The lowest BCUT2D eigenvalue weighted by Gasteiger charge is -2.29. The van der Waals surface area contributed by atoms with Crippen LogP contribution in [-0.4, -0.2) is 92.0 Å². The number of morpholine rings is 1. The second kappa shape index (κ2) is 10.5. The van der Waals surface area contributed by atoms with Crippen LogP contribution in [0.2, 0.25) is 0 Å². The summed E-state index contributed by atoms with van der Waals surface area (Å²) in [5.74, 6) is -0.135. The first-order valence-electron chi connectivity index (χ1n) is 11.2. The lowest BCUT2D eigenvalue weighted by molar-refractivity contribution is -0.138. The molecule has 3 fully saturated rings. The lowest BCUT2D eigenvalue weighted by Crippen LogP contribution is -2.43. The number of carbonyl (C=O) groups excluding carboxylic acids is 2. The van der Waals surface area contributed by atoms with E-state index in [1.54, 1.807) is 4.90 Å². The highest BCUT2D eigenvalue weighted by Crippen LogP contribution is 2.42. The van der Waals surface area contributed by atoms with Gasteiger partial charge in [-0.3, -0.25) is 14.5 Å². The second-order valence-corrected chi connectivity index (χ2v) is 9.11. The monoisotopic (exact) mass is 449 g/mol. The molecule has 1 N–H and O–H groups in total. The predicted octanol–water partition coefficient (Wildman–Crippen LogP) is 1.81. The van der Waals surface area contributed by atoms with Gasteiger partial charge in [-0.05, 0) is 32.7 Å². The molecule has 3 heterocycles. The zero-order chi connectivity index (χ0) is 22.6. The molecular formula is C21H34F3N3O4. The average molecular weight is 450 g/mol. The minimum atomic E-state index is -4.17. The van der Waals surface area contributed by atoms with Crippen LogP contribution in [0, 0.1) is 11.8 Å². The maximum absolute atomic E-state index is 12.8. The Kier molecular flexibility index (Phi) is 8.20. The van der Waals surface area contributed by atoms with Crippen LogP contribution in [0.3, 0.4) is 0 Å². The van der Waals surface area contributed by atoms with Crippen molar-refractivity contribution in [2.75, 3.05) is 46.0 Å². The van der Waals surface area contributed by atoms with E-state index in [4.69, 9.17) is 9.47 Å². The third-order valence-electron chi connectivity index (χ3n) is 6.38. The Morgan fingerprint density at radius 1 is 1.16 bits per heavy atom. The van der Waals surface area contributed by atoms with Gasteiger partial charge < -0.3 is 19.7 Å². The minimum Gasteiger partial charge on any atom is -0.378 e. The van der Waals surface area contributed by atoms with E-state index in [1.807, 2.05) is 18.7 Å². The smallest absolute Gasteiger partial charge is 0.378 e. The van der Waals surface area contributed by atoms with E-state index >= 15 is 0 Å². The number of hydrogen-bond acceptors (Lipinski definition) is 5. The van der Waals surface area contributed by atoms with Crippen molar-refractivity contribution in [3.05, 3.63) is 0 Å². The topological polar surface area (TPSA) is 71.1 Å². The molecule has 4 atom stereocenters. The van der Waals surface area contributed by atoms with E-state index in [1.165, 1.54) is 0 Å². The molecule has 178 valence electrons. The predicted molar refractivity (Wildman–Crippen MR) is 107 cm³/mol. The third kappa shape index (κ3) is 6.79. The van der Waals surface area contributed by atoms with Crippen LogP contribution < -0.4 is 5.32 Å². The van der Waals surface area contributed by atoms with Gasteiger partial charge >= 0.3 is 6.18 Å². The number of carbonyl (C=O) groups is 2. The molecule has 7 nitrogen and oxygen atoms in total. The first-order valence-corrected chi connectivity index (χ1v) is 11.2. The van der Waals surface area contributed by atoms with Gasteiger partial charge in [0.1, 0.15) is 0 Å². The normalized spacial score (nSPS) is 29.4. The van der Waals surface area contributed by atoms with Gasteiger partial charge in [0.25, 0.3) is 0 Å².